The number of ether oxygens (including phenoxy) is 1. The second kappa shape index (κ2) is 7.95. The lowest BCUT2D eigenvalue weighted by atomic mass is 10.1. The molecule has 2 aromatic carbocycles. The van der Waals surface area contributed by atoms with Crippen molar-refractivity contribution in [1.82, 2.24) is 4.90 Å². The number of anilines is 1. The molecule has 0 saturated carbocycles. The number of nitrogens with one attached hydrogen (secondary N) is 1. The van der Waals surface area contributed by atoms with Crippen molar-refractivity contribution in [1.29, 1.82) is 0 Å². The second-order valence-electron chi connectivity index (χ2n) is 6.15. The summed E-state index contributed by atoms with van der Waals surface area (Å²) in [6, 6.07) is 14.5. The van der Waals surface area contributed by atoms with E-state index in [0.717, 1.165) is 10.9 Å². The van der Waals surface area contributed by atoms with E-state index in [1.807, 2.05) is 38.1 Å². The van der Waals surface area contributed by atoms with Crippen LogP contribution in [-0.4, -0.2) is 36.9 Å². The summed E-state index contributed by atoms with van der Waals surface area (Å²) in [5.74, 6) is 0.411. The predicted octanol–water partition coefficient (Wildman–Crippen LogP) is 3.85. The van der Waals surface area contributed by atoms with Crippen molar-refractivity contribution in [3.05, 3.63) is 59.9 Å². The van der Waals surface area contributed by atoms with Crippen LogP contribution in [0, 0.1) is 6.92 Å². The Morgan fingerprint density at radius 3 is 2.44 bits per heavy atom. The van der Waals surface area contributed by atoms with Gasteiger partial charge in [0.1, 0.15) is 17.9 Å². The van der Waals surface area contributed by atoms with Crippen LogP contribution in [0.2, 0.25) is 0 Å². The summed E-state index contributed by atoms with van der Waals surface area (Å²) in [5, 5.41) is 3.69. The molecule has 6 heteroatoms. The summed E-state index contributed by atoms with van der Waals surface area (Å²) in [6.07, 6.45) is 0. The lowest BCUT2D eigenvalue weighted by molar-refractivity contribution is -0.116. The quantitative estimate of drug-likeness (QED) is 0.719. The minimum absolute atomic E-state index is 0.0577. The van der Waals surface area contributed by atoms with Gasteiger partial charge in [-0.05, 0) is 44.2 Å². The van der Waals surface area contributed by atoms with Crippen LogP contribution in [-0.2, 0) is 4.79 Å². The van der Waals surface area contributed by atoms with Crippen molar-refractivity contribution in [3.63, 3.8) is 0 Å². The number of methoxy groups -OCH3 is 1. The average Bonchev–Trinajstić information content (AvgIpc) is 3.03. The maximum Gasteiger partial charge on any atom is 0.290 e. The van der Waals surface area contributed by atoms with Gasteiger partial charge in [0.2, 0.25) is 5.91 Å². The van der Waals surface area contributed by atoms with Crippen LogP contribution in [0.3, 0.4) is 0 Å². The molecule has 6 nitrogen and oxygen atoms in total. The standard InChI is InChI=1S/C21H22N2O4/c1-4-23(13-19(24)22-15-9-11-16(26-3)12-10-15)21(25)20-14(2)17-7-5-6-8-18(17)27-20/h5-12H,4,13H2,1-3H3,(H,22,24). The van der Waals surface area contributed by atoms with E-state index < -0.39 is 0 Å². The summed E-state index contributed by atoms with van der Waals surface area (Å²) in [6.45, 7) is 4.02. The molecule has 0 aliphatic heterocycles. The van der Waals surface area contributed by atoms with Crippen LogP contribution in [0.5, 0.6) is 5.75 Å². The van der Waals surface area contributed by atoms with E-state index in [0.29, 0.717) is 23.6 Å². The number of carbonyl (C=O) groups is 2. The van der Waals surface area contributed by atoms with Gasteiger partial charge in [0.25, 0.3) is 5.91 Å². The first-order valence-electron chi connectivity index (χ1n) is 8.74. The molecule has 0 aliphatic rings. The molecule has 0 saturated heterocycles. The van der Waals surface area contributed by atoms with Gasteiger partial charge >= 0.3 is 0 Å². The number of nitrogens with zero attached hydrogens (tertiary/aromatic N) is 1. The van der Waals surface area contributed by atoms with Crippen LogP contribution in [0.15, 0.2) is 52.9 Å². The normalized spacial score (nSPS) is 10.6. The summed E-state index contributed by atoms with van der Waals surface area (Å²) in [5.41, 5.74) is 2.09. The van der Waals surface area contributed by atoms with E-state index in [2.05, 4.69) is 5.32 Å². The van der Waals surface area contributed by atoms with E-state index in [1.165, 1.54) is 4.90 Å². The fourth-order valence-corrected chi connectivity index (χ4v) is 2.90. The Kier molecular flexibility index (Phi) is 5.45. The summed E-state index contributed by atoms with van der Waals surface area (Å²) in [7, 11) is 1.58. The monoisotopic (exact) mass is 366 g/mol. The molecular formula is C21H22N2O4. The number of para-hydroxylation sites is 1. The molecule has 0 fully saturated rings. The van der Waals surface area contributed by atoms with E-state index in [4.69, 9.17) is 9.15 Å². The highest BCUT2D eigenvalue weighted by molar-refractivity contribution is 6.01. The highest BCUT2D eigenvalue weighted by Crippen LogP contribution is 2.26. The van der Waals surface area contributed by atoms with Crippen molar-refractivity contribution in [2.24, 2.45) is 0 Å². The number of hydrogen-bond donors (Lipinski definition) is 1. The fraction of sp³-hybridized carbons (Fsp3) is 0.238. The van der Waals surface area contributed by atoms with Gasteiger partial charge in [-0.15, -0.1) is 0 Å². The second-order valence-corrected chi connectivity index (χ2v) is 6.15. The Labute approximate surface area is 157 Å². The number of fused-ring (bicyclic) bond motifs is 1. The molecule has 0 radical (unpaired) electrons. The maximum absolute atomic E-state index is 12.9. The molecule has 0 atom stereocenters. The van der Waals surface area contributed by atoms with Gasteiger partial charge in [0.15, 0.2) is 5.76 Å². The molecule has 3 rings (SSSR count). The Morgan fingerprint density at radius 1 is 1.11 bits per heavy atom. The molecule has 1 heterocycles. The van der Waals surface area contributed by atoms with Gasteiger partial charge in [0, 0.05) is 23.2 Å². The summed E-state index contributed by atoms with van der Waals surface area (Å²) < 4.78 is 10.8. The van der Waals surface area contributed by atoms with E-state index >= 15 is 0 Å². The smallest absolute Gasteiger partial charge is 0.290 e. The third kappa shape index (κ3) is 3.95. The van der Waals surface area contributed by atoms with E-state index in [1.54, 1.807) is 31.4 Å². The topological polar surface area (TPSA) is 71.8 Å². The molecule has 2 amide bonds. The molecule has 1 N–H and O–H groups in total. The van der Waals surface area contributed by atoms with Crippen molar-refractivity contribution in [2.45, 2.75) is 13.8 Å². The van der Waals surface area contributed by atoms with Crippen LogP contribution in [0.4, 0.5) is 5.69 Å². The minimum Gasteiger partial charge on any atom is -0.497 e. The van der Waals surface area contributed by atoms with Gasteiger partial charge in [-0.25, -0.2) is 0 Å². The van der Waals surface area contributed by atoms with Crippen molar-refractivity contribution in [2.75, 3.05) is 25.5 Å². The zero-order valence-corrected chi connectivity index (χ0v) is 15.6. The first-order valence-corrected chi connectivity index (χ1v) is 8.74. The SMILES string of the molecule is CCN(CC(=O)Nc1ccc(OC)cc1)C(=O)c1oc2ccccc2c1C. The van der Waals surface area contributed by atoms with Gasteiger partial charge < -0.3 is 19.4 Å². The predicted molar refractivity (Wildman–Crippen MR) is 104 cm³/mol. The van der Waals surface area contributed by atoms with Crippen molar-refractivity contribution >= 4 is 28.5 Å². The van der Waals surface area contributed by atoms with E-state index in [-0.39, 0.29) is 24.1 Å². The van der Waals surface area contributed by atoms with Crippen molar-refractivity contribution in [3.8, 4) is 5.75 Å². The number of furan rings is 1. The van der Waals surface area contributed by atoms with Crippen LogP contribution >= 0.6 is 0 Å². The highest BCUT2D eigenvalue weighted by atomic mass is 16.5. The number of rotatable bonds is 6. The Balaban J connectivity index is 1.72. The number of carbonyl (C=O) groups excluding carboxylic acids is 2. The molecule has 1 aromatic heterocycles. The first-order chi connectivity index (χ1) is 13.0. The Bertz CT molecular complexity index is 960. The molecular weight excluding hydrogens is 344 g/mol. The third-order valence-corrected chi connectivity index (χ3v) is 4.42. The molecule has 0 spiro atoms. The Morgan fingerprint density at radius 2 is 1.81 bits per heavy atom. The average molecular weight is 366 g/mol. The lowest BCUT2D eigenvalue weighted by Gasteiger charge is -2.19. The van der Waals surface area contributed by atoms with Crippen LogP contribution < -0.4 is 10.1 Å². The van der Waals surface area contributed by atoms with Crippen LogP contribution in [0.1, 0.15) is 23.0 Å². The zero-order valence-electron chi connectivity index (χ0n) is 15.6. The number of aryl methyl sites for hydroxylation is 1. The molecule has 27 heavy (non-hydrogen) atoms. The number of benzene rings is 2. The largest absolute Gasteiger partial charge is 0.497 e. The lowest BCUT2D eigenvalue weighted by Crippen LogP contribution is -2.38. The number of hydrogen-bond acceptors (Lipinski definition) is 4. The highest BCUT2D eigenvalue weighted by Gasteiger charge is 2.24. The third-order valence-electron chi connectivity index (χ3n) is 4.42. The molecule has 0 aliphatic carbocycles. The molecule has 0 unspecified atom stereocenters. The number of amides is 2. The minimum atomic E-state index is -0.295. The van der Waals surface area contributed by atoms with Gasteiger partial charge in [-0.3, -0.25) is 9.59 Å². The van der Waals surface area contributed by atoms with Gasteiger partial charge in [-0.1, -0.05) is 18.2 Å². The maximum atomic E-state index is 12.9. The fourth-order valence-electron chi connectivity index (χ4n) is 2.90. The molecule has 0 bridgehead atoms. The van der Waals surface area contributed by atoms with E-state index in [9.17, 15) is 9.59 Å². The molecule has 140 valence electrons. The van der Waals surface area contributed by atoms with Gasteiger partial charge in [0.05, 0.1) is 7.11 Å². The van der Waals surface area contributed by atoms with Crippen molar-refractivity contribution < 1.29 is 18.7 Å². The molecule has 3 aromatic rings. The first kappa shape index (κ1) is 18.5. The number of likely N-dealkylation sites (N-methyl/N-ethyl adjacent to an activating group) is 1. The Hall–Kier alpha value is -3.28. The summed E-state index contributed by atoms with van der Waals surface area (Å²) >= 11 is 0. The van der Waals surface area contributed by atoms with Crippen LogP contribution in [0.25, 0.3) is 11.0 Å². The van der Waals surface area contributed by atoms with Gasteiger partial charge in [-0.2, -0.15) is 0 Å². The summed E-state index contributed by atoms with van der Waals surface area (Å²) in [4.78, 5) is 26.7. The zero-order chi connectivity index (χ0) is 19.4.